The van der Waals surface area contributed by atoms with Crippen LogP contribution >= 0.6 is 0 Å². The number of nitrogens with one attached hydrogen (secondary N) is 1. The Morgan fingerprint density at radius 1 is 1.19 bits per heavy atom. The van der Waals surface area contributed by atoms with Gasteiger partial charge in [0.05, 0.1) is 12.9 Å². The molecule has 0 atom stereocenters. The van der Waals surface area contributed by atoms with Gasteiger partial charge in [0, 0.05) is 12.3 Å². The Bertz CT molecular complexity index is 528. The largest absolute Gasteiger partial charge is 0.493 e. The van der Waals surface area contributed by atoms with Crippen LogP contribution in [0.2, 0.25) is 0 Å². The second kappa shape index (κ2) is 8.89. The molecule has 0 radical (unpaired) electrons. The van der Waals surface area contributed by atoms with Gasteiger partial charge in [-0.1, -0.05) is 19.9 Å². The van der Waals surface area contributed by atoms with Crippen molar-refractivity contribution in [2.45, 2.75) is 26.8 Å². The van der Waals surface area contributed by atoms with Gasteiger partial charge in [-0.3, -0.25) is 0 Å². The van der Waals surface area contributed by atoms with Gasteiger partial charge in [0.25, 0.3) is 0 Å². The molecule has 120 valence electrons. The molecular formula is C15H25NO4S. The monoisotopic (exact) mass is 315 g/mol. The maximum atomic E-state index is 11.4. The SMILES string of the molecule is CCCNCc1ccc(OCCS(=O)(=O)CC)c(OC)c1. The molecule has 1 aromatic carbocycles. The number of benzene rings is 1. The van der Waals surface area contributed by atoms with E-state index in [0.29, 0.717) is 11.5 Å². The second-order valence-corrected chi connectivity index (χ2v) is 7.22. The van der Waals surface area contributed by atoms with Crippen molar-refractivity contribution in [1.82, 2.24) is 5.32 Å². The third-order valence-electron chi connectivity index (χ3n) is 3.08. The highest BCUT2D eigenvalue weighted by atomic mass is 32.2. The first-order valence-corrected chi connectivity index (χ1v) is 9.05. The van der Waals surface area contributed by atoms with Crippen LogP contribution in [0.3, 0.4) is 0 Å². The quantitative estimate of drug-likeness (QED) is 0.669. The molecule has 5 nitrogen and oxygen atoms in total. The van der Waals surface area contributed by atoms with Crippen molar-refractivity contribution in [3.8, 4) is 11.5 Å². The van der Waals surface area contributed by atoms with Gasteiger partial charge in [0.2, 0.25) is 0 Å². The van der Waals surface area contributed by atoms with Crippen LogP contribution in [0.1, 0.15) is 25.8 Å². The average Bonchev–Trinajstić information content (AvgIpc) is 2.48. The summed E-state index contributed by atoms with van der Waals surface area (Å²) in [4.78, 5) is 0. The summed E-state index contributed by atoms with van der Waals surface area (Å²) in [6, 6.07) is 5.68. The highest BCUT2D eigenvalue weighted by Crippen LogP contribution is 2.28. The fraction of sp³-hybridized carbons (Fsp3) is 0.600. The van der Waals surface area contributed by atoms with E-state index in [0.717, 1.165) is 25.1 Å². The Morgan fingerprint density at radius 2 is 1.95 bits per heavy atom. The molecule has 1 aromatic rings. The fourth-order valence-electron chi connectivity index (χ4n) is 1.77. The van der Waals surface area contributed by atoms with Gasteiger partial charge in [0.15, 0.2) is 21.3 Å². The molecule has 21 heavy (non-hydrogen) atoms. The smallest absolute Gasteiger partial charge is 0.161 e. The van der Waals surface area contributed by atoms with Gasteiger partial charge >= 0.3 is 0 Å². The van der Waals surface area contributed by atoms with Crippen molar-refractivity contribution >= 4 is 9.84 Å². The molecule has 0 saturated heterocycles. The van der Waals surface area contributed by atoms with Crippen LogP contribution in [0.15, 0.2) is 18.2 Å². The molecule has 0 fully saturated rings. The molecule has 0 amide bonds. The summed E-state index contributed by atoms with van der Waals surface area (Å²) in [7, 11) is -1.43. The van der Waals surface area contributed by atoms with Gasteiger partial charge < -0.3 is 14.8 Å². The summed E-state index contributed by atoms with van der Waals surface area (Å²) in [6.07, 6.45) is 1.09. The molecule has 0 aliphatic rings. The molecule has 1 N–H and O–H groups in total. The van der Waals surface area contributed by atoms with Crippen molar-refractivity contribution in [3.63, 3.8) is 0 Å². The maximum Gasteiger partial charge on any atom is 0.161 e. The predicted molar refractivity (Wildman–Crippen MR) is 84.8 cm³/mol. The van der Waals surface area contributed by atoms with E-state index in [2.05, 4.69) is 12.2 Å². The lowest BCUT2D eigenvalue weighted by molar-refractivity contribution is 0.311. The summed E-state index contributed by atoms with van der Waals surface area (Å²) >= 11 is 0. The van der Waals surface area contributed by atoms with Crippen LogP contribution in [0, 0.1) is 0 Å². The summed E-state index contributed by atoms with van der Waals surface area (Å²) in [5.74, 6) is 1.35. The number of methoxy groups -OCH3 is 1. The van der Waals surface area contributed by atoms with E-state index in [1.165, 1.54) is 0 Å². The van der Waals surface area contributed by atoms with Crippen LogP contribution in [-0.4, -0.2) is 40.2 Å². The van der Waals surface area contributed by atoms with Gasteiger partial charge in [-0.2, -0.15) is 0 Å². The van der Waals surface area contributed by atoms with E-state index in [1.807, 2.05) is 18.2 Å². The van der Waals surface area contributed by atoms with E-state index in [9.17, 15) is 8.42 Å². The highest BCUT2D eigenvalue weighted by molar-refractivity contribution is 7.91. The van der Waals surface area contributed by atoms with Gasteiger partial charge in [-0.15, -0.1) is 0 Å². The highest BCUT2D eigenvalue weighted by Gasteiger charge is 2.10. The zero-order valence-corrected chi connectivity index (χ0v) is 13.8. The molecule has 0 bridgehead atoms. The molecule has 1 rings (SSSR count). The van der Waals surface area contributed by atoms with Gasteiger partial charge in [-0.05, 0) is 30.7 Å². The summed E-state index contributed by atoms with van der Waals surface area (Å²) in [5, 5.41) is 3.32. The van der Waals surface area contributed by atoms with Crippen LogP contribution in [0.25, 0.3) is 0 Å². The first-order chi connectivity index (χ1) is 10.0. The summed E-state index contributed by atoms with van der Waals surface area (Å²) in [5.41, 5.74) is 1.11. The van der Waals surface area contributed by atoms with Crippen molar-refractivity contribution in [1.29, 1.82) is 0 Å². The van der Waals surface area contributed by atoms with E-state index in [4.69, 9.17) is 9.47 Å². The number of rotatable bonds is 10. The fourth-order valence-corrected chi connectivity index (χ4v) is 2.40. The maximum absolute atomic E-state index is 11.4. The van der Waals surface area contributed by atoms with E-state index in [-0.39, 0.29) is 18.1 Å². The molecule has 0 aliphatic heterocycles. The minimum atomic E-state index is -3.01. The Hall–Kier alpha value is -1.27. The summed E-state index contributed by atoms with van der Waals surface area (Å²) in [6.45, 7) is 5.63. The van der Waals surface area contributed by atoms with Crippen LogP contribution in [-0.2, 0) is 16.4 Å². The third kappa shape index (κ3) is 6.35. The molecule has 0 aromatic heterocycles. The lowest BCUT2D eigenvalue weighted by Crippen LogP contribution is -2.16. The predicted octanol–water partition coefficient (Wildman–Crippen LogP) is 2.01. The first-order valence-electron chi connectivity index (χ1n) is 7.23. The molecule has 0 heterocycles. The normalized spacial score (nSPS) is 11.4. The van der Waals surface area contributed by atoms with Crippen LogP contribution in [0.5, 0.6) is 11.5 Å². The number of hydrogen-bond donors (Lipinski definition) is 1. The van der Waals surface area contributed by atoms with E-state index >= 15 is 0 Å². The Labute approximate surface area is 127 Å². The van der Waals surface area contributed by atoms with Crippen molar-refractivity contribution in [2.75, 3.05) is 31.8 Å². The minimum absolute atomic E-state index is 0.0203. The van der Waals surface area contributed by atoms with Crippen LogP contribution < -0.4 is 14.8 Å². The second-order valence-electron chi connectivity index (χ2n) is 4.75. The molecule has 0 spiro atoms. The van der Waals surface area contributed by atoms with Gasteiger partial charge in [0.1, 0.15) is 6.61 Å². The summed E-state index contributed by atoms with van der Waals surface area (Å²) < 4.78 is 33.7. The van der Waals surface area contributed by atoms with Crippen molar-refractivity contribution < 1.29 is 17.9 Å². The zero-order chi connectivity index (χ0) is 15.7. The number of sulfone groups is 1. The molecule has 0 unspecified atom stereocenters. The molecular weight excluding hydrogens is 290 g/mol. The first kappa shape index (κ1) is 17.8. The van der Waals surface area contributed by atoms with Crippen molar-refractivity contribution in [3.05, 3.63) is 23.8 Å². The Kier molecular flexibility index (Phi) is 7.53. The van der Waals surface area contributed by atoms with E-state index in [1.54, 1.807) is 14.0 Å². The standard InChI is InChI=1S/C15H25NO4S/c1-4-8-16-12-13-6-7-14(15(11-13)19-3)20-9-10-21(17,18)5-2/h6-7,11,16H,4-5,8-10,12H2,1-3H3. The number of ether oxygens (including phenoxy) is 2. The Balaban J connectivity index is 2.62. The van der Waals surface area contributed by atoms with Gasteiger partial charge in [-0.25, -0.2) is 8.42 Å². The van der Waals surface area contributed by atoms with E-state index < -0.39 is 9.84 Å². The lowest BCUT2D eigenvalue weighted by atomic mass is 10.2. The Morgan fingerprint density at radius 3 is 2.57 bits per heavy atom. The zero-order valence-electron chi connectivity index (χ0n) is 13.0. The molecule has 6 heteroatoms. The molecule has 0 aliphatic carbocycles. The number of hydrogen-bond acceptors (Lipinski definition) is 5. The lowest BCUT2D eigenvalue weighted by Gasteiger charge is -2.12. The van der Waals surface area contributed by atoms with Crippen molar-refractivity contribution in [2.24, 2.45) is 0 Å². The minimum Gasteiger partial charge on any atom is -0.493 e. The average molecular weight is 315 g/mol. The topological polar surface area (TPSA) is 64.6 Å². The third-order valence-corrected chi connectivity index (χ3v) is 4.74. The molecule has 0 saturated carbocycles. The van der Waals surface area contributed by atoms with Crippen LogP contribution in [0.4, 0.5) is 0 Å².